The summed E-state index contributed by atoms with van der Waals surface area (Å²) in [5.74, 6) is 1.26. The van der Waals surface area contributed by atoms with Gasteiger partial charge < -0.3 is 9.47 Å². The van der Waals surface area contributed by atoms with Crippen molar-refractivity contribution in [3.05, 3.63) is 58.7 Å². The van der Waals surface area contributed by atoms with Gasteiger partial charge in [-0.25, -0.2) is 0 Å². The Morgan fingerprint density at radius 1 is 0.952 bits per heavy atom. The minimum atomic E-state index is 0.0412. The fourth-order valence-corrected chi connectivity index (χ4v) is 2.48. The van der Waals surface area contributed by atoms with Crippen LogP contribution in [-0.4, -0.2) is 20.0 Å². The lowest BCUT2D eigenvalue weighted by Crippen LogP contribution is -2.06. The summed E-state index contributed by atoms with van der Waals surface area (Å²) in [4.78, 5) is 12.5. The highest BCUT2D eigenvalue weighted by atomic mass is 16.5. The first-order valence-electron chi connectivity index (χ1n) is 6.86. The zero-order chi connectivity index (χ0) is 15.4. The molecule has 21 heavy (non-hydrogen) atoms. The molecule has 0 amide bonds. The predicted molar refractivity (Wildman–Crippen MR) is 83.5 cm³/mol. The molecule has 2 aromatic rings. The Bertz CT molecular complexity index is 639. The van der Waals surface area contributed by atoms with Crippen LogP contribution in [-0.2, 0) is 6.42 Å². The number of ether oxygens (including phenoxy) is 2. The fraction of sp³-hybridized carbons (Fsp3) is 0.278. The molecule has 0 aromatic heterocycles. The molecule has 2 aromatic carbocycles. The smallest absolute Gasteiger partial charge is 0.170 e. The van der Waals surface area contributed by atoms with Gasteiger partial charge in [0.05, 0.1) is 19.8 Å². The summed E-state index contributed by atoms with van der Waals surface area (Å²) in [6, 6.07) is 11.4. The van der Waals surface area contributed by atoms with Crippen LogP contribution in [0.4, 0.5) is 0 Å². The van der Waals surface area contributed by atoms with Crippen LogP contribution in [0.15, 0.2) is 36.4 Å². The third-order valence-corrected chi connectivity index (χ3v) is 3.36. The van der Waals surface area contributed by atoms with E-state index in [4.69, 9.17) is 9.47 Å². The van der Waals surface area contributed by atoms with Crippen LogP contribution in [0.5, 0.6) is 11.5 Å². The van der Waals surface area contributed by atoms with E-state index in [0.717, 1.165) is 5.56 Å². The van der Waals surface area contributed by atoms with Gasteiger partial charge in [0, 0.05) is 12.5 Å². The fourth-order valence-electron chi connectivity index (χ4n) is 2.48. The van der Waals surface area contributed by atoms with E-state index in [-0.39, 0.29) is 5.78 Å². The number of carbonyl (C=O) groups is 1. The van der Waals surface area contributed by atoms with E-state index in [1.165, 1.54) is 11.1 Å². The Morgan fingerprint density at radius 2 is 1.62 bits per heavy atom. The number of aryl methyl sites for hydroxylation is 2. The van der Waals surface area contributed by atoms with Crippen LogP contribution in [0.2, 0.25) is 0 Å². The van der Waals surface area contributed by atoms with Gasteiger partial charge in [-0.2, -0.15) is 0 Å². The van der Waals surface area contributed by atoms with Gasteiger partial charge in [-0.1, -0.05) is 29.3 Å². The first-order chi connectivity index (χ1) is 10.0. The molecule has 0 N–H and O–H groups in total. The predicted octanol–water partition coefficient (Wildman–Crippen LogP) is 3.75. The molecular weight excluding hydrogens is 264 g/mol. The molecule has 3 heteroatoms. The minimum Gasteiger partial charge on any atom is -0.497 e. The highest BCUT2D eigenvalue weighted by molar-refractivity contribution is 6.00. The summed E-state index contributed by atoms with van der Waals surface area (Å²) in [5, 5.41) is 0. The molecule has 0 unspecified atom stereocenters. The molecule has 0 radical (unpaired) electrons. The molecule has 0 bridgehead atoms. The van der Waals surface area contributed by atoms with E-state index in [1.54, 1.807) is 32.4 Å². The number of ketones is 1. The van der Waals surface area contributed by atoms with Crippen molar-refractivity contribution in [1.29, 1.82) is 0 Å². The Kier molecular flexibility index (Phi) is 4.63. The second kappa shape index (κ2) is 6.44. The van der Waals surface area contributed by atoms with Crippen LogP contribution < -0.4 is 9.47 Å². The molecule has 0 saturated carbocycles. The van der Waals surface area contributed by atoms with Gasteiger partial charge in [-0.3, -0.25) is 4.79 Å². The number of carbonyl (C=O) groups excluding carboxylic acids is 1. The maximum atomic E-state index is 12.5. The van der Waals surface area contributed by atoms with Crippen LogP contribution in [0, 0.1) is 13.8 Å². The largest absolute Gasteiger partial charge is 0.497 e. The maximum Gasteiger partial charge on any atom is 0.170 e. The van der Waals surface area contributed by atoms with E-state index in [1.807, 2.05) is 26.0 Å². The highest BCUT2D eigenvalue weighted by Crippen LogP contribution is 2.26. The van der Waals surface area contributed by atoms with E-state index < -0.39 is 0 Å². The van der Waals surface area contributed by atoms with E-state index in [9.17, 15) is 4.79 Å². The van der Waals surface area contributed by atoms with Crippen molar-refractivity contribution in [2.24, 2.45) is 0 Å². The number of benzene rings is 2. The van der Waals surface area contributed by atoms with Crippen molar-refractivity contribution < 1.29 is 14.3 Å². The third-order valence-electron chi connectivity index (χ3n) is 3.36. The van der Waals surface area contributed by atoms with Crippen LogP contribution in [0.1, 0.15) is 27.0 Å². The van der Waals surface area contributed by atoms with Crippen LogP contribution >= 0.6 is 0 Å². The number of hydrogen-bond acceptors (Lipinski definition) is 3. The second-order valence-electron chi connectivity index (χ2n) is 5.16. The van der Waals surface area contributed by atoms with E-state index in [0.29, 0.717) is 23.5 Å². The summed E-state index contributed by atoms with van der Waals surface area (Å²) in [5.41, 5.74) is 3.94. The highest BCUT2D eigenvalue weighted by Gasteiger charge is 2.14. The van der Waals surface area contributed by atoms with Crippen molar-refractivity contribution in [1.82, 2.24) is 0 Å². The molecule has 0 aliphatic rings. The molecule has 0 atom stereocenters. The maximum absolute atomic E-state index is 12.5. The van der Waals surface area contributed by atoms with E-state index >= 15 is 0 Å². The molecule has 0 saturated heterocycles. The van der Waals surface area contributed by atoms with Crippen molar-refractivity contribution in [3.8, 4) is 11.5 Å². The van der Waals surface area contributed by atoms with Crippen LogP contribution in [0.3, 0.4) is 0 Å². The lowest BCUT2D eigenvalue weighted by Gasteiger charge is -2.10. The second-order valence-corrected chi connectivity index (χ2v) is 5.16. The quantitative estimate of drug-likeness (QED) is 0.784. The zero-order valence-corrected chi connectivity index (χ0v) is 12.9. The number of Topliss-reactive ketones (excluding diaryl/α,β-unsaturated/α-hetero) is 1. The Labute approximate surface area is 125 Å². The van der Waals surface area contributed by atoms with Gasteiger partial charge in [0.1, 0.15) is 11.5 Å². The summed E-state index contributed by atoms with van der Waals surface area (Å²) >= 11 is 0. The van der Waals surface area contributed by atoms with Gasteiger partial charge in [-0.05, 0) is 31.5 Å². The molecule has 0 spiro atoms. The van der Waals surface area contributed by atoms with Gasteiger partial charge in [0.2, 0.25) is 0 Å². The molecule has 0 aliphatic carbocycles. The third kappa shape index (κ3) is 3.63. The summed E-state index contributed by atoms with van der Waals surface area (Å²) in [6.45, 7) is 4.07. The van der Waals surface area contributed by atoms with Gasteiger partial charge in [0.25, 0.3) is 0 Å². The monoisotopic (exact) mass is 284 g/mol. The van der Waals surface area contributed by atoms with Gasteiger partial charge in [0.15, 0.2) is 5.78 Å². The lowest BCUT2D eigenvalue weighted by atomic mass is 9.99. The molecule has 3 nitrogen and oxygen atoms in total. The summed E-state index contributed by atoms with van der Waals surface area (Å²) < 4.78 is 10.4. The number of rotatable bonds is 5. The Hall–Kier alpha value is -2.29. The van der Waals surface area contributed by atoms with Crippen molar-refractivity contribution in [2.75, 3.05) is 14.2 Å². The molecule has 2 rings (SSSR count). The summed E-state index contributed by atoms with van der Waals surface area (Å²) in [6.07, 6.45) is 0.366. The SMILES string of the molecule is COc1ccc(C(=O)Cc2cc(C)cc(C)c2)c(OC)c1. The summed E-state index contributed by atoms with van der Waals surface area (Å²) in [7, 11) is 3.15. The normalized spacial score (nSPS) is 10.3. The molecule has 110 valence electrons. The number of hydrogen-bond donors (Lipinski definition) is 0. The topological polar surface area (TPSA) is 35.5 Å². The Balaban J connectivity index is 2.27. The first kappa shape index (κ1) is 15.1. The molecule has 0 fully saturated rings. The van der Waals surface area contributed by atoms with Crippen LogP contribution in [0.25, 0.3) is 0 Å². The average molecular weight is 284 g/mol. The standard InChI is InChI=1S/C18H20O3/c1-12-7-13(2)9-14(8-12)10-17(19)16-6-5-15(20-3)11-18(16)21-4/h5-9,11H,10H2,1-4H3. The van der Waals surface area contributed by atoms with Crippen molar-refractivity contribution >= 4 is 5.78 Å². The lowest BCUT2D eigenvalue weighted by molar-refractivity contribution is 0.0990. The molecular formula is C18H20O3. The molecule has 0 heterocycles. The van der Waals surface area contributed by atoms with Crippen molar-refractivity contribution in [2.45, 2.75) is 20.3 Å². The Morgan fingerprint density at radius 3 is 2.19 bits per heavy atom. The van der Waals surface area contributed by atoms with Crippen molar-refractivity contribution in [3.63, 3.8) is 0 Å². The zero-order valence-electron chi connectivity index (χ0n) is 12.9. The van der Waals surface area contributed by atoms with E-state index in [2.05, 4.69) is 6.07 Å². The molecule has 0 aliphatic heterocycles. The number of methoxy groups -OCH3 is 2. The van der Waals surface area contributed by atoms with Gasteiger partial charge in [-0.15, -0.1) is 0 Å². The average Bonchev–Trinajstić information content (AvgIpc) is 2.45. The minimum absolute atomic E-state index is 0.0412. The first-order valence-corrected chi connectivity index (χ1v) is 6.86. The van der Waals surface area contributed by atoms with Gasteiger partial charge >= 0.3 is 0 Å².